The van der Waals surface area contributed by atoms with E-state index in [-0.39, 0.29) is 36.2 Å². The zero-order valence-corrected chi connectivity index (χ0v) is 15.1. The highest BCUT2D eigenvalue weighted by Gasteiger charge is 2.84. The Morgan fingerprint density at radius 1 is 1.40 bits per heavy atom. The molecule has 4 rings (SSSR count). The Balaban J connectivity index is 2.02. The molecule has 4 bridgehead atoms. The molecule has 138 valence electrons. The highest BCUT2D eigenvalue weighted by Crippen LogP contribution is 2.82. The molecule has 0 radical (unpaired) electrons. The highest BCUT2D eigenvalue weighted by molar-refractivity contribution is 5.90. The molecule has 3 N–H and O–H groups in total. The zero-order valence-electron chi connectivity index (χ0n) is 15.1. The van der Waals surface area contributed by atoms with E-state index in [0.29, 0.717) is 19.3 Å². The topological polar surface area (TPSA) is 94.8 Å². The van der Waals surface area contributed by atoms with Crippen molar-refractivity contribution in [1.29, 1.82) is 0 Å². The number of aldehydes is 1. The highest BCUT2D eigenvalue weighted by atomic mass is 16.4. The summed E-state index contributed by atoms with van der Waals surface area (Å²) in [7, 11) is 0. The smallest absolute Gasteiger partial charge is 0.315 e. The maximum atomic E-state index is 12.8. The summed E-state index contributed by atoms with van der Waals surface area (Å²) in [5, 5.41) is 31.4. The van der Waals surface area contributed by atoms with Crippen LogP contribution in [0.25, 0.3) is 0 Å². The van der Waals surface area contributed by atoms with E-state index in [4.69, 9.17) is 0 Å². The Labute approximate surface area is 148 Å². The predicted molar refractivity (Wildman–Crippen MR) is 90.5 cm³/mol. The second-order valence-electron chi connectivity index (χ2n) is 9.25. The molecule has 0 aliphatic heterocycles. The number of rotatable bonds is 4. The molecule has 8 atom stereocenters. The molecular weight excluding hydrogens is 320 g/mol. The number of allylic oxidation sites excluding steroid dienone is 1. The molecule has 4 aliphatic carbocycles. The van der Waals surface area contributed by atoms with Crippen molar-refractivity contribution in [1.82, 2.24) is 0 Å². The first-order valence-corrected chi connectivity index (χ1v) is 9.44. The van der Waals surface area contributed by atoms with E-state index in [2.05, 4.69) is 6.08 Å². The standard InChI is InChI=1S/C20H28O5/c1-10(2)14-4-12-6-19(9-22)15-5-16(23)11(3)13(15)7-18(12,8-21)20(14,19)17(24)25/h4,9-13,15-16,21,23H,5-8H2,1-3H3,(H,24,25)/t11-,12+,13+,15+,16-,18+,19+,20-/m0/s1. The quantitative estimate of drug-likeness (QED) is 0.533. The van der Waals surface area contributed by atoms with Crippen molar-refractivity contribution >= 4 is 12.3 Å². The number of hydrogen-bond donors (Lipinski definition) is 3. The molecule has 5 heteroatoms. The first-order valence-electron chi connectivity index (χ1n) is 9.44. The summed E-state index contributed by atoms with van der Waals surface area (Å²) < 4.78 is 0. The van der Waals surface area contributed by atoms with E-state index >= 15 is 0 Å². The third-order valence-corrected chi connectivity index (χ3v) is 8.52. The fourth-order valence-corrected chi connectivity index (χ4v) is 7.63. The second kappa shape index (κ2) is 4.95. The van der Waals surface area contributed by atoms with Gasteiger partial charge in [-0.15, -0.1) is 0 Å². The van der Waals surface area contributed by atoms with E-state index in [1.807, 2.05) is 20.8 Å². The predicted octanol–water partition coefficient (Wildman–Crippen LogP) is 1.87. The van der Waals surface area contributed by atoms with E-state index in [1.165, 1.54) is 0 Å². The second-order valence-corrected chi connectivity index (χ2v) is 9.25. The van der Waals surface area contributed by atoms with E-state index in [1.54, 1.807) is 0 Å². The van der Waals surface area contributed by atoms with Gasteiger partial charge in [0.05, 0.1) is 18.1 Å². The molecule has 0 aromatic carbocycles. The van der Waals surface area contributed by atoms with Crippen LogP contribution in [0.5, 0.6) is 0 Å². The molecule has 0 aromatic rings. The summed E-state index contributed by atoms with van der Waals surface area (Å²) in [5.74, 6) is -1.05. The van der Waals surface area contributed by atoms with E-state index in [9.17, 15) is 24.9 Å². The fourth-order valence-electron chi connectivity index (χ4n) is 7.63. The molecule has 0 spiro atoms. The van der Waals surface area contributed by atoms with Gasteiger partial charge >= 0.3 is 5.97 Å². The Bertz CT molecular complexity index is 669. The third kappa shape index (κ3) is 1.51. The van der Waals surface area contributed by atoms with Crippen molar-refractivity contribution in [3.63, 3.8) is 0 Å². The molecule has 0 amide bonds. The van der Waals surface area contributed by atoms with Gasteiger partial charge < -0.3 is 20.1 Å². The summed E-state index contributed by atoms with van der Waals surface area (Å²) in [6.45, 7) is 5.72. The molecule has 25 heavy (non-hydrogen) atoms. The van der Waals surface area contributed by atoms with Crippen LogP contribution >= 0.6 is 0 Å². The van der Waals surface area contributed by atoms with Crippen LogP contribution in [0.3, 0.4) is 0 Å². The van der Waals surface area contributed by atoms with Gasteiger partial charge in [-0.2, -0.15) is 0 Å². The zero-order chi connectivity index (χ0) is 18.4. The average molecular weight is 348 g/mol. The van der Waals surface area contributed by atoms with Crippen LogP contribution in [0.2, 0.25) is 0 Å². The lowest BCUT2D eigenvalue weighted by Crippen LogP contribution is -2.63. The number of carbonyl (C=O) groups excluding carboxylic acids is 1. The molecule has 3 saturated carbocycles. The number of aliphatic hydroxyl groups is 2. The lowest BCUT2D eigenvalue weighted by Gasteiger charge is -2.57. The summed E-state index contributed by atoms with van der Waals surface area (Å²) in [5.41, 5.74) is -2.36. The lowest BCUT2D eigenvalue weighted by atomic mass is 9.43. The minimum Gasteiger partial charge on any atom is -0.481 e. The minimum absolute atomic E-state index is 0.00644. The molecule has 4 aliphatic rings. The van der Waals surface area contributed by atoms with Gasteiger partial charge in [-0.1, -0.05) is 32.4 Å². The fraction of sp³-hybridized carbons (Fsp3) is 0.800. The van der Waals surface area contributed by atoms with Gasteiger partial charge in [0.25, 0.3) is 0 Å². The van der Waals surface area contributed by atoms with Gasteiger partial charge in [-0.05, 0) is 48.9 Å². The number of fused-ring (bicyclic) bond motifs is 2. The largest absolute Gasteiger partial charge is 0.481 e. The molecule has 0 unspecified atom stereocenters. The normalized spacial score (nSPS) is 53.0. The minimum atomic E-state index is -1.33. The van der Waals surface area contributed by atoms with Crippen LogP contribution in [0.1, 0.15) is 40.0 Å². The summed E-state index contributed by atoms with van der Waals surface area (Å²) in [6.07, 6.45) is 3.99. The van der Waals surface area contributed by atoms with Crippen LogP contribution in [-0.4, -0.2) is 40.3 Å². The Kier molecular flexibility index (Phi) is 3.41. The third-order valence-electron chi connectivity index (χ3n) is 8.52. The molecule has 0 heterocycles. The first-order chi connectivity index (χ1) is 11.7. The van der Waals surface area contributed by atoms with Crippen molar-refractivity contribution in [3.8, 4) is 0 Å². The summed E-state index contributed by atoms with van der Waals surface area (Å²) >= 11 is 0. The number of hydrogen-bond acceptors (Lipinski definition) is 4. The van der Waals surface area contributed by atoms with Crippen LogP contribution in [0.15, 0.2) is 11.6 Å². The monoisotopic (exact) mass is 348 g/mol. The molecule has 5 nitrogen and oxygen atoms in total. The van der Waals surface area contributed by atoms with Crippen molar-refractivity contribution < 1.29 is 24.9 Å². The summed E-state index contributed by atoms with van der Waals surface area (Å²) in [6, 6.07) is 0. The van der Waals surface area contributed by atoms with Crippen molar-refractivity contribution in [2.24, 2.45) is 45.8 Å². The molecule has 0 aromatic heterocycles. The van der Waals surface area contributed by atoms with Crippen LogP contribution in [0.4, 0.5) is 0 Å². The molecule has 0 saturated heterocycles. The maximum absolute atomic E-state index is 12.8. The van der Waals surface area contributed by atoms with E-state index in [0.717, 1.165) is 11.9 Å². The average Bonchev–Trinajstić information content (AvgIpc) is 3.09. The first kappa shape index (κ1) is 17.2. The van der Waals surface area contributed by atoms with Gasteiger partial charge in [0.1, 0.15) is 11.7 Å². The van der Waals surface area contributed by atoms with Gasteiger partial charge in [-0.25, -0.2) is 0 Å². The van der Waals surface area contributed by atoms with Crippen molar-refractivity contribution in [2.45, 2.75) is 46.1 Å². The number of carboxylic acids is 1. The number of aliphatic carboxylic acids is 1. The van der Waals surface area contributed by atoms with Crippen LogP contribution in [0, 0.1) is 45.8 Å². The molecular formula is C20H28O5. The van der Waals surface area contributed by atoms with Gasteiger partial charge in [0.2, 0.25) is 0 Å². The van der Waals surface area contributed by atoms with Gasteiger partial charge in [0.15, 0.2) is 0 Å². The van der Waals surface area contributed by atoms with Crippen molar-refractivity contribution in [3.05, 3.63) is 11.6 Å². The van der Waals surface area contributed by atoms with Gasteiger partial charge in [0, 0.05) is 5.41 Å². The van der Waals surface area contributed by atoms with Crippen LogP contribution < -0.4 is 0 Å². The number of carboxylic acid groups (broad SMARTS) is 1. The number of aliphatic hydroxyl groups excluding tert-OH is 2. The van der Waals surface area contributed by atoms with Crippen molar-refractivity contribution in [2.75, 3.05) is 6.61 Å². The lowest BCUT2D eigenvalue weighted by molar-refractivity contribution is -0.184. The SMILES string of the molecule is CC(C)C1=C[C@@H]2C[C@@]3(C=O)[C@@H]4C[C@H](O)[C@@H](C)[C@H]4C[C@]2(CO)[C@@]13C(=O)O. The Morgan fingerprint density at radius 3 is 2.60 bits per heavy atom. The van der Waals surface area contributed by atoms with Gasteiger partial charge in [-0.3, -0.25) is 4.79 Å². The Hall–Kier alpha value is -1.20. The maximum Gasteiger partial charge on any atom is 0.315 e. The van der Waals surface area contributed by atoms with Crippen LogP contribution in [-0.2, 0) is 9.59 Å². The van der Waals surface area contributed by atoms with E-state index < -0.39 is 28.3 Å². The number of carbonyl (C=O) groups is 2. The molecule has 3 fully saturated rings. The summed E-state index contributed by atoms with van der Waals surface area (Å²) in [4.78, 5) is 25.4. The Morgan fingerprint density at radius 2 is 2.08 bits per heavy atom.